The fourth-order valence-electron chi connectivity index (χ4n) is 3.81. The van der Waals surface area contributed by atoms with E-state index in [1.807, 2.05) is 47.4 Å². The van der Waals surface area contributed by atoms with Gasteiger partial charge in [0.25, 0.3) is 5.91 Å². The largest absolute Gasteiger partial charge is 0.440 e. The van der Waals surface area contributed by atoms with Gasteiger partial charge in [0.2, 0.25) is 0 Å². The Morgan fingerprint density at radius 2 is 1.75 bits per heavy atom. The highest BCUT2D eigenvalue weighted by Crippen LogP contribution is 2.23. The number of hydrogen-bond donors (Lipinski definition) is 0. The Morgan fingerprint density at radius 3 is 2.61 bits per heavy atom. The van der Waals surface area contributed by atoms with Crippen molar-refractivity contribution in [2.75, 3.05) is 6.54 Å². The molecule has 0 unspecified atom stereocenters. The van der Waals surface area contributed by atoms with Gasteiger partial charge in [0, 0.05) is 25.1 Å². The van der Waals surface area contributed by atoms with Crippen LogP contribution in [0.5, 0.6) is 0 Å². The van der Waals surface area contributed by atoms with Crippen LogP contribution in [-0.4, -0.2) is 22.3 Å². The second-order valence-electron chi connectivity index (χ2n) is 7.20. The van der Waals surface area contributed by atoms with Crippen LogP contribution in [0.4, 0.5) is 0 Å². The maximum absolute atomic E-state index is 13.0. The third kappa shape index (κ3) is 3.18. The fraction of sp³-hybridized carbons (Fsp3) is 0.167. The summed E-state index contributed by atoms with van der Waals surface area (Å²) in [6.07, 6.45) is 1.54. The van der Waals surface area contributed by atoms with Gasteiger partial charge in [-0.15, -0.1) is 0 Å². The molecular weight excluding hydrogens is 348 g/mol. The van der Waals surface area contributed by atoms with E-state index >= 15 is 0 Å². The first kappa shape index (κ1) is 16.8. The van der Waals surface area contributed by atoms with Crippen molar-refractivity contribution in [3.63, 3.8) is 0 Å². The van der Waals surface area contributed by atoms with Crippen molar-refractivity contribution in [3.8, 4) is 0 Å². The van der Waals surface area contributed by atoms with Crippen LogP contribution in [-0.2, 0) is 19.4 Å². The maximum atomic E-state index is 13.0. The molecule has 1 aliphatic heterocycles. The molecule has 3 aromatic carbocycles. The van der Waals surface area contributed by atoms with Crippen molar-refractivity contribution in [2.24, 2.45) is 0 Å². The Hall–Kier alpha value is -3.40. The number of hydrogen-bond acceptors (Lipinski definition) is 3. The number of amides is 1. The predicted octanol–water partition coefficient (Wildman–Crippen LogP) is 4.62. The van der Waals surface area contributed by atoms with Crippen molar-refractivity contribution < 1.29 is 9.21 Å². The van der Waals surface area contributed by atoms with Crippen LogP contribution >= 0.6 is 0 Å². The van der Waals surface area contributed by atoms with Crippen molar-refractivity contribution in [2.45, 2.75) is 19.4 Å². The summed E-state index contributed by atoms with van der Waals surface area (Å²) in [5.41, 5.74) is 5.82. The van der Waals surface area contributed by atoms with E-state index in [1.165, 1.54) is 11.1 Å². The first-order valence-corrected chi connectivity index (χ1v) is 9.56. The van der Waals surface area contributed by atoms with Crippen molar-refractivity contribution in [1.29, 1.82) is 0 Å². The Morgan fingerprint density at radius 1 is 0.964 bits per heavy atom. The molecule has 28 heavy (non-hydrogen) atoms. The minimum absolute atomic E-state index is 0.0454. The molecule has 1 aliphatic rings. The molecule has 0 fully saturated rings. The van der Waals surface area contributed by atoms with Crippen LogP contribution in [0.2, 0.25) is 0 Å². The van der Waals surface area contributed by atoms with Crippen LogP contribution in [0.1, 0.15) is 32.9 Å². The number of benzene rings is 3. The van der Waals surface area contributed by atoms with Crippen LogP contribution in [0.15, 0.2) is 77.2 Å². The number of carbonyl (C=O) groups excluding carboxylic acids is 1. The molecule has 0 bridgehead atoms. The fourth-order valence-corrected chi connectivity index (χ4v) is 3.81. The summed E-state index contributed by atoms with van der Waals surface area (Å²) in [4.78, 5) is 19.5. The molecule has 5 rings (SSSR count). The van der Waals surface area contributed by atoms with E-state index in [9.17, 15) is 4.79 Å². The normalized spacial score (nSPS) is 13.5. The highest BCUT2D eigenvalue weighted by molar-refractivity contribution is 5.97. The summed E-state index contributed by atoms with van der Waals surface area (Å²) >= 11 is 0. The lowest BCUT2D eigenvalue weighted by Gasteiger charge is -2.28. The predicted molar refractivity (Wildman–Crippen MR) is 108 cm³/mol. The zero-order valence-electron chi connectivity index (χ0n) is 15.5. The molecule has 4 aromatic rings. The zero-order chi connectivity index (χ0) is 18.9. The topological polar surface area (TPSA) is 46.3 Å². The molecule has 0 saturated heterocycles. The summed E-state index contributed by atoms with van der Waals surface area (Å²) in [5.74, 6) is 0.710. The molecule has 138 valence electrons. The van der Waals surface area contributed by atoms with E-state index in [0.29, 0.717) is 30.0 Å². The molecule has 0 spiro atoms. The second-order valence-corrected chi connectivity index (χ2v) is 7.20. The molecule has 0 N–H and O–H groups in total. The number of rotatable bonds is 3. The zero-order valence-corrected chi connectivity index (χ0v) is 15.5. The second kappa shape index (κ2) is 6.97. The molecule has 0 aliphatic carbocycles. The van der Waals surface area contributed by atoms with Crippen molar-refractivity contribution >= 4 is 17.0 Å². The van der Waals surface area contributed by atoms with Gasteiger partial charge in [0.05, 0.1) is 0 Å². The van der Waals surface area contributed by atoms with Gasteiger partial charge in [-0.1, -0.05) is 54.6 Å². The number of aromatic nitrogens is 1. The quantitative estimate of drug-likeness (QED) is 0.530. The van der Waals surface area contributed by atoms with E-state index in [2.05, 4.69) is 35.3 Å². The number of oxazole rings is 1. The number of fused-ring (bicyclic) bond motifs is 2. The van der Waals surface area contributed by atoms with E-state index in [4.69, 9.17) is 4.42 Å². The summed E-state index contributed by atoms with van der Waals surface area (Å²) in [6, 6.07) is 24.0. The summed E-state index contributed by atoms with van der Waals surface area (Å²) in [5, 5.41) is 0. The molecule has 0 saturated carbocycles. The van der Waals surface area contributed by atoms with Gasteiger partial charge >= 0.3 is 0 Å². The van der Waals surface area contributed by atoms with Crippen LogP contribution in [0.3, 0.4) is 0 Å². The highest BCUT2D eigenvalue weighted by Gasteiger charge is 2.22. The minimum Gasteiger partial charge on any atom is -0.440 e. The van der Waals surface area contributed by atoms with E-state index in [-0.39, 0.29) is 5.91 Å². The molecule has 1 aromatic heterocycles. The van der Waals surface area contributed by atoms with Gasteiger partial charge < -0.3 is 9.32 Å². The molecule has 0 radical (unpaired) electrons. The molecule has 1 amide bonds. The first-order chi connectivity index (χ1) is 13.8. The van der Waals surface area contributed by atoms with E-state index in [1.54, 1.807) is 0 Å². The number of carbonyl (C=O) groups is 1. The third-order valence-corrected chi connectivity index (χ3v) is 5.29. The van der Waals surface area contributed by atoms with Gasteiger partial charge in [-0.2, -0.15) is 0 Å². The third-order valence-electron chi connectivity index (χ3n) is 5.29. The Bertz CT molecular complexity index is 1150. The lowest BCUT2D eigenvalue weighted by atomic mass is 9.99. The van der Waals surface area contributed by atoms with Gasteiger partial charge in [-0.3, -0.25) is 4.79 Å². The summed E-state index contributed by atoms with van der Waals surface area (Å²) in [7, 11) is 0. The maximum Gasteiger partial charge on any atom is 0.254 e. The molecular formula is C24H20N2O2. The molecule has 4 heteroatoms. The first-order valence-electron chi connectivity index (χ1n) is 9.56. The lowest BCUT2D eigenvalue weighted by molar-refractivity contribution is 0.0735. The van der Waals surface area contributed by atoms with Crippen LogP contribution in [0, 0.1) is 0 Å². The smallest absolute Gasteiger partial charge is 0.254 e. The summed E-state index contributed by atoms with van der Waals surface area (Å²) in [6.45, 7) is 1.40. The lowest BCUT2D eigenvalue weighted by Crippen LogP contribution is -2.35. The van der Waals surface area contributed by atoms with Gasteiger partial charge in [0.15, 0.2) is 11.5 Å². The van der Waals surface area contributed by atoms with Crippen molar-refractivity contribution in [1.82, 2.24) is 9.88 Å². The number of nitrogens with zero attached hydrogens (tertiary/aromatic N) is 2. The Kier molecular flexibility index (Phi) is 4.17. The van der Waals surface area contributed by atoms with E-state index < -0.39 is 0 Å². The van der Waals surface area contributed by atoms with Crippen LogP contribution < -0.4 is 0 Å². The monoisotopic (exact) mass is 368 g/mol. The van der Waals surface area contributed by atoms with Crippen molar-refractivity contribution in [3.05, 3.63) is 101 Å². The molecule has 4 nitrogen and oxygen atoms in total. The Labute approximate surface area is 163 Å². The SMILES string of the molecule is O=C(c1ccc2oc(Cc3ccccc3)nc2c1)N1CCc2ccccc2C1. The van der Waals surface area contributed by atoms with Gasteiger partial charge in [-0.05, 0) is 41.3 Å². The Balaban J connectivity index is 1.38. The standard InChI is InChI=1S/C24H20N2O2/c27-24(26-13-12-18-8-4-5-9-20(18)16-26)19-10-11-22-21(15-19)25-23(28-22)14-17-6-2-1-3-7-17/h1-11,15H,12-14,16H2. The average molecular weight is 368 g/mol. The molecule has 0 atom stereocenters. The molecule has 2 heterocycles. The van der Waals surface area contributed by atoms with E-state index in [0.717, 1.165) is 24.0 Å². The minimum atomic E-state index is 0.0454. The van der Waals surface area contributed by atoms with Gasteiger partial charge in [-0.25, -0.2) is 4.98 Å². The highest BCUT2D eigenvalue weighted by atomic mass is 16.3. The average Bonchev–Trinajstić information content (AvgIpc) is 3.15. The van der Waals surface area contributed by atoms with Gasteiger partial charge in [0.1, 0.15) is 5.52 Å². The van der Waals surface area contributed by atoms with Crippen LogP contribution in [0.25, 0.3) is 11.1 Å². The summed E-state index contributed by atoms with van der Waals surface area (Å²) < 4.78 is 5.86.